The summed E-state index contributed by atoms with van der Waals surface area (Å²) in [6, 6.07) is 12.8. The first-order chi connectivity index (χ1) is 11.6. The minimum Gasteiger partial charge on any atom is -0.465 e. The highest BCUT2D eigenvalue weighted by Crippen LogP contribution is 2.16. The lowest BCUT2D eigenvalue weighted by molar-refractivity contribution is -0.116. The molecule has 2 N–H and O–H groups in total. The molecule has 0 aliphatic heterocycles. The van der Waals surface area contributed by atoms with E-state index in [1.54, 1.807) is 36.4 Å². The zero-order chi connectivity index (χ0) is 17.4. The average molecular weight is 330 g/mol. The number of halogens is 1. The zero-order valence-electron chi connectivity index (χ0n) is 13.3. The standard InChI is InChI=1S/C18H19FN2O3/c1-24-18(23)15-4-2-3-5-16(15)21-17(22)10-11-20-12-13-6-8-14(19)9-7-13/h2-9,20H,10-12H2,1H3,(H,21,22). The van der Waals surface area contributed by atoms with Gasteiger partial charge in [-0.25, -0.2) is 9.18 Å². The second kappa shape index (κ2) is 8.79. The molecule has 2 rings (SSSR count). The molecule has 126 valence electrons. The van der Waals surface area contributed by atoms with Crippen LogP contribution in [0.15, 0.2) is 48.5 Å². The number of ether oxygens (including phenoxy) is 1. The van der Waals surface area contributed by atoms with Crippen LogP contribution in [0.4, 0.5) is 10.1 Å². The summed E-state index contributed by atoms with van der Waals surface area (Å²) in [6.45, 7) is 1.01. The Balaban J connectivity index is 1.79. The van der Waals surface area contributed by atoms with E-state index in [0.29, 0.717) is 24.3 Å². The van der Waals surface area contributed by atoms with Crippen molar-refractivity contribution in [2.24, 2.45) is 0 Å². The summed E-state index contributed by atoms with van der Waals surface area (Å²) < 4.78 is 17.5. The second-order valence-corrected chi connectivity index (χ2v) is 5.14. The molecule has 1 amide bonds. The first-order valence-electron chi connectivity index (χ1n) is 7.52. The van der Waals surface area contributed by atoms with Crippen molar-refractivity contribution >= 4 is 17.6 Å². The average Bonchev–Trinajstić information content (AvgIpc) is 2.60. The van der Waals surface area contributed by atoms with Crippen molar-refractivity contribution < 1.29 is 18.7 Å². The molecule has 0 heterocycles. The monoisotopic (exact) mass is 330 g/mol. The summed E-state index contributed by atoms with van der Waals surface area (Å²) in [6.07, 6.45) is 0.247. The molecule has 0 saturated carbocycles. The number of carbonyl (C=O) groups is 2. The Labute approximate surface area is 139 Å². The molecular weight excluding hydrogens is 311 g/mol. The molecule has 0 fully saturated rings. The Kier molecular flexibility index (Phi) is 6.45. The predicted octanol–water partition coefficient (Wildman–Crippen LogP) is 2.73. The SMILES string of the molecule is COC(=O)c1ccccc1NC(=O)CCNCc1ccc(F)cc1. The number of carbonyl (C=O) groups excluding carboxylic acids is 2. The van der Waals surface area contributed by atoms with Gasteiger partial charge in [-0.3, -0.25) is 4.79 Å². The number of benzene rings is 2. The quantitative estimate of drug-likeness (QED) is 0.605. The Hall–Kier alpha value is -2.73. The predicted molar refractivity (Wildman–Crippen MR) is 89.1 cm³/mol. The second-order valence-electron chi connectivity index (χ2n) is 5.14. The maximum atomic E-state index is 12.8. The molecule has 2 aromatic rings. The maximum absolute atomic E-state index is 12.8. The van der Waals surface area contributed by atoms with Gasteiger partial charge in [-0.05, 0) is 29.8 Å². The van der Waals surface area contributed by atoms with Crippen LogP contribution >= 0.6 is 0 Å². The minimum atomic E-state index is -0.500. The Morgan fingerprint density at radius 3 is 2.50 bits per heavy atom. The minimum absolute atomic E-state index is 0.210. The topological polar surface area (TPSA) is 67.4 Å². The molecule has 6 heteroatoms. The van der Waals surface area contributed by atoms with Gasteiger partial charge in [-0.15, -0.1) is 0 Å². The van der Waals surface area contributed by atoms with E-state index in [0.717, 1.165) is 5.56 Å². The molecule has 0 aromatic heterocycles. The molecule has 0 atom stereocenters. The number of hydrogen-bond donors (Lipinski definition) is 2. The lowest BCUT2D eigenvalue weighted by Crippen LogP contribution is -2.22. The highest BCUT2D eigenvalue weighted by molar-refractivity contribution is 6.01. The number of nitrogens with one attached hydrogen (secondary N) is 2. The van der Waals surface area contributed by atoms with Crippen LogP contribution in [-0.4, -0.2) is 25.5 Å². The van der Waals surface area contributed by atoms with E-state index in [1.807, 2.05) is 0 Å². The largest absolute Gasteiger partial charge is 0.465 e. The highest BCUT2D eigenvalue weighted by atomic mass is 19.1. The Morgan fingerprint density at radius 1 is 1.08 bits per heavy atom. The fraction of sp³-hybridized carbons (Fsp3) is 0.222. The molecule has 0 unspecified atom stereocenters. The molecule has 2 aromatic carbocycles. The van der Waals surface area contributed by atoms with Gasteiger partial charge in [-0.2, -0.15) is 0 Å². The lowest BCUT2D eigenvalue weighted by atomic mass is 10.1. The van der Waals surface area contributed by atoms with E-state index in [4.69, 9.17) is 0 Å². The van der Waals surface area contributed by atoms with Crippen molar-refractivity contribution in [2.45, 2.75) is 13.0 Å². The van der Waals surface area contributed by atoms with Gasteiger partial charge in [0.05, 0.1) is 18.4 Å². The van der Waals surface area contributed by atoms with Crippen molar-refractivity contribution in [3.63, 3.8) is 0 Å². The van der Waals surface area contributed by atoms with Crippen molar-refractivity contribution in [2.75, 3.05) is 19.0 Å². The molecule has 0 saturated heterocycles. The van der Waals surface area contributed by atoms with Crippen LogP contribution in [0, 0.1) is 5.82 Å². The summed E-state index contributed by atoms with van der Waals surface area (Å²) in [7, 11) is 1.29. The van der Waals surface area contributed by atoms with Crippen LogP contribution in [0.2, 0.25) is 0 Å². The number of anilines is 1. The molecule has 0 aliphatic carbocycles. The molecule has 0 spiro atoms. The third kappa shape index (κ3) is 5.17. The van der Waals surface area contributed by atoms with Crippen LogP contribution in [0.1, 0.15) is 22.3 Å². The summed E-state index contributed by atoms with van der Waals surface area (Å²) in [4.78, 5) is 23.6. The van der Waals surface area contributed by atoms with Crippen molar-refractivity contribution in [1.82, 2.24) is 5.32 Å². The molecule has 0 aliphatic rings. The lowest BCUT2D eigenvalue weighted by Gasteiger charge is -2.10. The van der Waals surface area contributed by atoms with Gasteiger partial charge in [0.2, 0.25) is 5.91 Å². The van der Waals surface area contributed by atoms with E-state index in [-0.39, 0.29) is 18.1 Å². The molecule has 24 heavy (non-hydrogen) atoms. The van der Waals surface area contributed by atoms with Crippen LogP contribution in [0.5, 0.6) is 0 Å². The van der Waals surface area contributed by atoms with E-state index in [1.165, 1.54) is 19.2 Å². The van der Waals surface area contributed by atoms with Gasteiger partial charge in [-0.1, -0.05) is 24.3 Å². The smallest absolute Gasteiger partial charge is 0.339 e. The van der Waals surface area contributed by atoms with Crippen molar-refractivity contribution in [1.29, 1.82) is 0 Å². The van der Waals surface area contributed by atoms with Crippen LogP contribution in [-0.2, 0) is 16.1 Å². The third-order valence-electron chi connectivity index (χ3n) is 3.38. The molecule has 0 radical (unpaired) electrons. The van der Waals surface area contributed by atoms with E-state index in [9.17, 15) is 14.0 Å². The molecular formula is C18H19FN2O3. The van der Waals surface area contributed by atoms with Crippen LogP contribution < -0.4 is 10.6 Å². The van der Waals surface area contributed by atoms with Crippen molar-refractivity contribution in [3.05, 3.63) is 65.5 Å². The number of methoxy groups -OCH3 is 1. The number of para-hydroxylation sites is 1. The summed E-state index contributed by atoms with van der Waals surface area (Å²) >= 11 is 0. The van der Waals surface area contributed by atoms with Gasteiger partial charge in [0, 0.05) is 19.5 Å². The van der Waals surface area contributed by atoms with Crippen molar-refractivity contribution in [3.8, 4) is 0 Å². The number of rotatable bonds is 7. The number of amides is 1. The van der Waals surface area contributed by atoms with Crippen LogP contribution in [0.25, 0.3) is 0 Å². The molecule has 0 bridgehead atoms. The fourth-order valence-corrected chi connectivity index (χ4v) is 2.13. The highest BCUT2D eigenvalue weighted by Gasteiger charge is 2.12. The summed E-state index contributed by atoms with van der Waals surface area (Å²) in [5.41, 5.74) is 1.67. The van der Waals surface area contributed by atoms with Gasteiger partial charge >= 0.3 is 5.97 Å². The van der Waals surface area contributed by atoms with Crippen LogP contribution in [0.3, 0.4) is 0 Å². The van der Waals surface area contributed by atoms with E-state index >= 15 is 0 Å². The van der Waals surface area contributed by atoms with Gasteiger partial charge in [0.25, 0.3) is 0 Å². The summed E-state index contributed by atoms with van der Waals surface area (Å²) in [5.74, 6) is -0.985. The van der Waals surface area contributed by atoms with Gasteiger partial charge in [0.1, 0.15) is 5.82 Å². The normalized spacial score (nSPS) is 10.2. The molecule has 5 nitrogen and oxygen atoms in total. The third-order valence-corrected chi connectivity index (χ3v) is 3.38. The van der Waals surface area contributed by atoms with Gasteiger partial charge in [0.15, 0.2) is 0 Å². The Bertz CT molecular complexity index is 702. The number of hydrogen-bond acceptors (Lipinski definition) is 4. The first kappa shape index (κ1) is 17.6. The van der Waals surface area contributed by atoms with Gasteiger partial charge < -0.3 is 15.4 Å². The van der Waals surface area contributed by atoms with E-state index in [2.05, 4.69) is 15.4 Å². The maximum Gasteiger partial charge on any atom is 0.339 e. The zero-order valence-corrected chi connectivity index (χ0v) is 13.3. The first-order valence-corrected chi connectivity index (χ1v) is 7.52. The Morgan fingerprint density at radius 2 is 1.79 bits per heavy atom. The number of esters is 1. The fourth-order valence-electron chi connectivity index (χ4n) is 2.13. The summed E-state index contributed by atoms with van der Waals surface area (Å²) in [5, 5.41) is 5.81. The van der Waals surface area contributed by atoms with E-state index < -0.39 is 5.97 Å².